The van der Waals surface area contributed by atoms with Crippen LogP contribution in [0.5, 0.6) is 5.75 Å². The van der Waals surface area contributed by atoms with E-state index in [1.807, 2.05) is 55.6 Å². The predicted molar refractivity (Wildman–Crippen MR) is 108 cm³/mol. The summed E-state index contributed by atoms with van der Waals surface area (Å²) in [5.74, 6) is 2.17. The van der Waals surface area contributed by atoms with Gasteiger partial charge in [-0.2, -0.15) is 0 Å². The van der Waals surface area contributed by atoms with E-state index in [0.29, 0.717) is 5.92 Å². The molecule has 1 aromatic carbocycles. The van der Waals surface area contributed by atoms with Crippen molar-refractivity contribution in [3.63, 3.8) is 0 Å². The van der Waals surface area contributed by atoms with Gasteiger partial charge in [-0.05, 0) is 69.3 Å². The predicted octanol–water partition coefficient (Wildman–Crippen LogP) is 2.94. The van der Waals surface area contributed by atoms with Crippen molar-refractivity contribution in [1.29, 1.82) is 0 Å². The van der Waals surface area contributed by atoms with Gasteiger partial charge in [0.05, 0.1) is 13.2 Å². The van der Waals surface area contributed by atoms with Gasteiger partial charge in [0.1, 0.15) is 11.6 Å². The Balaban J connectivity index is 1.35. The molecule has 2 aromatic heterocycles. The van der Waals surface area contributed by atoms with E-state index in [1.54, 1.807) is 7.11 Å². The van der Waals surface area contributed by atoms with Crippen LogP contribution in [0.3, 0.4) is 0 Å². The van der Waals surface area contributed by atoms with Crippen molar-refractivity contribution in [3.8, 4) is 5.75 Å². The molecule has 1 atom stereocenters. The molecule has 3 heterocycles. The fourth-order valence-electron chi connectivity index (χ4n) is 3.77. The number of amides is 1. The molecule has 28 heavy (non-hydrogen) atoms. The first-order valence-electron chi connectivity index (χ1n) is 9.64. The number of fused-ring (bicyclic) bond motifs is 1. The highest BCUT2D eigenvalue weighted by Crippen LogP contribution is 2.28. The van der Waals surface area contributed by atoms with E-state index in [1.165, 1.54) is 0 Å². The molecule has 0 spiro atoms. The van der Waals surface area contributed by atoms with Crippen molar-refractivity contribution in [2.45, 2.75) is 31.7 Å². The lowest BCUT2D eigenvalue weighted by Crippen LogP contribution is -2.45. The molecule has 1 aliphatic rings. The molecule has 3 aromatic rings. The number of carbonyl (C=O) groups is 1. The lowest BCUT2D eigenvalue weighted by atomic mass is 9.95. The number of benzene rings is 1. The van der Waals surface area contributed by atoms with Crippen LogP contribution in [0.25, 0.3) is 5.65 Å². The molecule has 146 valence electrons. The molecule has 1 N–H and O–H groups in total. The van der Waals surface area contributed by atoms with Crippen LogP contribution in [0.1, 0.15) is 31.5 Å². The maximum Gasteiger partial charge on any atom is 0.241 e. The van der Waals surface area contributed by atoms with Crippen molar-refractivity contribution in [2.24, 2.45) is 0 Å². The van der Waals surface area contributed by atoms with Gasteiger partial charge in [-0.1, -0.05) is 6.07 Å². The van der Waals surface area contributed by atoms with Crippen molar-refractivity contribution < 1.29 is 9.53 Å². The average molecular weight is 379 g/mol. The van der Waals surface area contributed by atoms with Crippen LogP contribution in [0.15, 0.2) is 48.7 Å². The van der Waals surface area contributed by atoms with Gasteiger partial charge in [0, 0.05) is 17.8 Å². The molecule has 1 aliphatic heterocycles. The van der Waals surface area contributed by atoms with Gasteiger partial charge in [-0.15, -0.1) is 10.2 Å². The molecule has 1 amide bonds. The molecule has 0 radical (unpaired) electrons. The standard InChI is InChI=1S/C21H25N5O2/c1-15(21(27)22-17-6-8-18(28-2)9-7-17)25-13-10-16(11-14-25)20-24-23-19-5-3-4-12-26(19)20/h3-9,12,15-16H,10-11,13-14H2,1-2H3,(H,22,27)/t15-/m0/s1. The highest BCUT2D eigenvalue weighted by Gasteiger charge is 2.29. The van der Waals surface area contributed by atoms with E-state index >= 15 is 0 Å². The number of nitrogens with one attached hydrogen (secondary N) is 1. The second kappa shape index (κ2) is 7.98. The van der Waals surface area contributed by atoms with Crippen LogP contribution in [-0.2, 0) is 4.79 Å². The first kappa shape index (κ1) is 18.4. The molecular formula is C21H25N5O2. The fourth-order valence-corrected chi connectivity index (χ4v) is 3.77. The molecule has 7 heteroatoms. The summed E-state index contributed by atoms with van der Waals surface area (Å²) < 4.78 is 7.22. The highest BCUT2D eigenvalue weighted by molar-refractivity contribution is 5.94. The first-order valence-corrected chi connectivity index (χ1v) is 9.64. The third-order valence-corrected chi connectivity index (χ3v) is 5.52. The summed E-state index contributed by atoms with van der Waals surface area (Å²) >= 11 is 0. The van der Waals surface area contributed by atoms with E-state index in [9.17, 15) is 4.79 Å². The minimum atomic E-state index is -0.182. The SMILES string of the molecule is COc1ccc(NC(=O)[C@H](C)N2CCC(c3nnc4ccccn34)CC2)cc1. The summed E-state index contributed by atoms with van der Waals surface area (Å²) in [4.78, 5) is 14.9. The molecular weight excluding hydrogens is 354 g/mol. The Labute approximate surface area is 164 Å². The smallest absolute Gasteiger partial charge is 0.241 e. The lowest BCUT2D eigenvalue weighted by molar-refractivity contribution is -0.121. The van der Waals surface area contributed by atoms with Gasteiger partial charge >= 0.3 is 0 Å². The van der Waals surface area contributed by atoms with Gasteiger partial charge in [-0.3, -0.25) is 14.1 Å². The van der Waals surface area contributed by atoms with E-state index in [2.05, 4.69) is 24.8 Å². The third-order valence-electron chi connectivity index (χ3n) is 5.52. The molecule has 1 saturated heterocycles. The lowest BCUT2D eigenvalue weighted by Gasteiger charge is -2.34. The van der Waals surface area contributed by atoms with Crippen molar-refractivity contribution in [1.82, 2.24) is 19.5 Å². The molecule has 0 saturated carbocycles. The van der Waals surface area contributed by atoms with E-state index < -0.39 is 0 Å². The highest BCUT2D eigenvalue weighted by atomic mass is 16.5. The summed E-state index contributed by atoms with van der Waals surface area (Å²) in [5, 5.41) is 11.7. The Kier molecular flexibility index (Phi) is 5.25. The van der Waals surface area contributed by atoms with Gasteiger partial charge in [0.25, 0.3) is 0 Å². The number of pyridine rings is 1. The average Bonchev–Trinajstić information content (AvgIpc) is 3.18. The number of methoxy groups -OCH3 is 1. The maximum atomic E-state index is 12.6. The Hall–Kier alpha value is -2.93. The summed E-state index contributed by atoms with van der Waals surface area (Å²) in [5.41, 5.74) is 1.66. The minimum Gasteiger partial charge on any atom is -0.497 e. The zero-order valence-corrected chi connectivity index (χ0v) is 16.2. The molecule has 0 unspecified atom stereocenters. The number of ether oxygens (including phenoxy) is 1. The number of rotatable bonds is 5. The Morgan fingerprint density at radius 1 is 1.14 bits per heavy atom. The zero-order valence-electron chi connectivity index (χ0n) is 16.2. The van der Waals surface area contributed by atoms with Crippen LogP contribution < -0.4 is 10.1 Å². The first-order chi connectivity index (χ1) is 13.7. The molecule has 0 bridgehead atoms. The number of hydrogen-bond acceptors (Lipinski definition) is 5. The Morgan fingerprint density at radius 3 is 2.61 bits per heavy atom. The number of likely N-dealkylation sites (tertiary alicyclic amines) is 1. The normalized spacial score (nSPS) is 16.8. The summed E-state index contributed by atoms with van der Waals surface area (Å²) in [6, 6.07) is 13.1. The Morgan fingerprint density at radius 2 is 1.89 bits per heavy atom. The van der Waals surface area contributed by atoms with Gasteiger partial charge in [0.15, 0.2) is 5.65 Å². The number of nitrogens with zero attached hydrogens (tertiary/aromatic N) is 4. The molecule has 4 rings (SSSR count). The van der Waals surface area contributed by atoms with E-state index in [-0.39, 0.29) is 11.9 Å². The van der Waals surface area contributed by atoms with Gasteiger partial charge in [0.2, 0.25) is 5.91 Å². The number of anilines is 1. The molecule has 1 fully saturated rings. The second-order valence-electron chi connectivity index (χ2n) is 7.19. The second-order valence-corrected chi connectivity index (χ2v) is 7.19. The van der Waals surface area contributed by atoms with Crippen LogP contribution in [0.2, 0.25) is 0 Å². The monoisotopic (exact) mass is 379 g/mol. The Bertz CT molecular complexity index is 945. The summed E-state index contributed by atoms with van der Waals surface area (Å²) in [6.07, 6.45) is 3.95. The van der Waals surface area contributed by atoms with Gasteiger partial charge in [-0.25, -0.2) is 0 Å². The number of hydrogen-bond donors (Lipinski definition) is 1. The van der Waals surface area contributed by atoms with Crippen LogP contribution in [0.4, 0.5) is 5.69 Å². The number of piperidine rings is 1. The van der Waals surface area contributed by atoms with E-state index in [0.717, 1.165) is 48.8 Å². The summed E-state index contributed by atoms with van der Waals surface area (Å²) in [6.45, 7) is 3.69. The maximum absolute atomic E-state index is 12.6. The van der Waals surface area contributed by atoms with Crippen LogP contribution in [0, 0.1) is 0 Å². The third kappa shape index (κ3) is 3.71. The largest absolute Gasteiger partial charge is 0.497 e. The van der Waals surface area contributed by atoms with Crippen LogP contribution >= 0.6 is 0 Å². The number of aromatic nitrogens is 3. The molecule has 7 nitrogen and oxygen atoms in total. The number of carbonyl (C=O) groups excluding carboxylic acids is 1. The minimum absolute atomic E-state index is 0.0107. The van der Waals surface area contributed by atoms with Crippen molar-refractivity contribution in [3.05, 3.63) is 54.5 Å². The topological polar surface area (TPSA) is 71.8 Å². The van der Waals surface area contributed by atoms with Crippen molar-refractivity contribution in [2.75, 3.05) is 25.5 Å². The summed E-state index contributed by atoms with van der Waals surface area (Å²) in [7, 11) is 1.63. The zero-order chi connectivity index (χ0) is 19.5. The van der Waals surface area contributed by atoms with Crippen molar-refractivity contribution >= 4 is 17.2 Å². The quantitative estimate of drug-likeness (QED) is 0.738. The van der Waals surface area contributed by atoms with Gasteiger partial charge < -0.3 is 10.1 Å². The molecule has 0 aliphatic carbocycles. The fraction of sp³-hybridized carbons (Fsp3) is 0.381. The van der Waals surface area contributed by atoms with E-state index in [4.69, 9.17) is 4.74 Å². The van der Waals surface area contributed by atoms with Crippen LogP contribution in [-0.4, -0.2) is 51.6 Å².